The lowest BCUT2D eigenvalue weighted by Crippen LogP contribution is -2.45. The highest BCUT2D eigenvalue weighted by atomic mass is 17.1. The minimum absolute atomic E-state index is 0.272. The Balaban J connectivity index is 2.10. The van der Waals surface area contributed by atoms with E-state index in [1.165, 1.54) is 6.92 Å². The Morgan fingerprint density at radius 3 is 2.78 bits per heavy atom. The fourth-order valence-corrected chi connectivity index (χ4v) is 4.17. The number of ether oxygens (including phenoxy) is 2. The number of hydrogen-bond acceptors (Lipinski definition) is 6. The third-order valence-electron chi connectivity index (χ3n) is 5.24. The van der Waals surface area contributed by atoms with E-state index in [-0.39, 0.29) is 17.9 Å². The predicted octanol–water partition coefficient (Wildman–Crippen LogP) is 2.17. The molecular formula is C17H20O6. The second kappa shape index (κ2) is 5.32. The van der Waals surface area contributed by atoms with Crippen molar-refractivity contribution in [2.75, 3.05) is 0 Å². The number of carbonyl (C=O) groups excluding carboxylic acids is 2. The van der Waals surface area contributed by atoms with Gasteiger partial charge in [0.2, 0.25) is 0 Å². The summed E-state index contributed by atoms with van der Waals surface area (Å²) in [6.45, 7) is 11.1. The molecule has 3 rings (SSSR count). The van der Waals surface area contributed by atoms with E-state index in [1.54, 1.807) is 0 Å². The zero-order chi connectivity index (χ0) is 16.9. The van der Waals surface area contributed by atoms with Gasteiger partial charge in [-0.3, -0.25) is 10.1 Å². The van der Waals surface area contributed by atoms with Gasteiger partial charge in [-0.15, -0.1) is 0 Å². The van der Waals surface area contributed by atoms with Crippen LogP contribution in [0.5, 0.6) is 0 Å². The van der Waals surface area contributed by atoms with Crippen LogP contribution in [0.15, 0.2) is 36.0 Å². The zero-order valence-corrected chi connectivity index (χ0v) is 13.2. The third-order valence-corrected chi connectivity index (χ3v) is 5.24. The number of fused-ring (bicyclic) bond motifs is 3. The van der Waals surface area contributed by atoms with Crippen LogP contribution in [0.4, 0.5) is 0 Å². The maximum atomic E-state index is 12.0. The summed E-state index contributed by atoms with van der Waals surface area (Å²) in [7, 11) is 0. The van der Waals surface area contributed by atoms with Gasteiger partial charge in [0.05, 0.1) is 11.8 Å². The molecule has 0 aromatic rings. The Hall–Kier alpha value is -1.92. The molecule has 1 saturated carbocycles. The molecule has 0 spiro atoms. The fourth-order valence-electron chi connectivity index (χ4n) is 4.17. The van der Waals surface area contributed by atoms with Crippen molar-refractivity contribution >= 4 is 11.9 Å². The Labute approximate surface area is 134 Å². The number of esters is 2. The van der Waals surface area contributed by atoms with E-state index in [9.17, 15) is 14.8 Å². The van der Waals surface area contributed by atoms with Gasteiger partial charge in [0.15, 0.2) is 0 Å². The van der Waals surface area contributed by atoms with Gasteiger partial charge in [-0.05, 0) is 12.5 Å². The van der Waals surface area contributed by atoms with Crippen LogP contribution >= 0.6 is 0 Å². The summed E-state index contributed by atoms with van der Waals surface area (Å²) in [5, 5.41) is 9.62. The largest absolute Gasteiger partial charge is 0.461 e. The first-order valence-corrected chi connectivity index (χ1v) is 7.56. The lowest BCUT2D eigenvalue weighted by molar-refractivity contribution is -0.323. The van der Waals surface area contributed by atoms with Gasteiger partial charge in [0.1, 0.15) is 17.8 Å². The quantitative estimate of drug-likeness (QED) is 0.276. The molecule has 6 heteroatoms. The van der Waals surface area contributed by atoms with Crippen molar-refractivity contribution in [3.05, 3.63) is 36.0 Å². The van der Waals surface area contributed by atoms with Gasteiger partial charge in [-0.1, -0.05) is 24.8 Å². The van der Waals surface area contributed by atoms with Crippen molar-refractivity contribution in [2.45, 2.75) is 44.5 Å². The van der Waals surface area contributed by atoms with E-state index in [0.717, 1.165) is 5.57 Å². The van der Waals surface area contributed by atoms with Crippen LogP contribution in [0.25, 0.3) is 0 Å². The molecule has 2 fully saturated rings. The summed E-state index contributed by atoms with van der Waals surface area (Å²) in [4.78, 5) is 28.4. The summed E-state index contributed by atoms with van der Waals surface area (Å²) in [5.41, 5.74) is 0.776. The van der Waals surface area contributed by atoms with E-state index >= 15 is 0 Å². The normalized spacial score (nSPS) is 39.3. The first-order valence-electron chi connectivity index (χ1n) is 7.56. The maximum absolute atomic E-state index is 12.0. The molecule has 23 heavy (non-hydrogen) atoms. The Kier molecular flexibility index (Phi) is 3.69. The summed E-state index contributed by atoms with van der Waals surface area (Å²) < 4.78 is 10.9. The molecule has 5 atom stereocenters. The number of carbonyl (C=O) groups is 2. The standard InChI is InChI=1S/C17H20O6/c1-8-5-6-17(23-20)9(2)7-12(21-11(4)18)13-10(3)16(19)22-15(13)14(8)17/h5,12-15,20H,2-3,6-7H2,1,4H3. The van der Waals surface area contributed by atoms with Crippen LogP contribution in [0.1, 0.15) is 26.7 Å². The molecule has 3 aliphatic rings. The van der Waals surface area contributed by atoms with Crippen LogP contribution in [0.2, 0.25) is 0 Å². The van der Waals surface area contributed by atoms with Gasteiger partial charge < -0.3 is 9.47 Å². The molecule has 0 radical (unpaired) electrons. The highest BCUT2D eigenvalue weighted by Crippen LogP contribution is 2.54. The molecule has 0 aromatic heterocycles. The van der Waals surface area contributed by atoms with E-state index in [0.29, 0.717) is 12.0 Å². The molecule has 124 valence electrons. The van der Waals surface area contributed by atoms with Crippen LogP contribution < -0.4 is 0 Å². The highest BCUT2D eigenvalue weighted by molar-refractivity contribution is 5.91. The molecule has 0 bridgehead atoms. The molecule has 1 heterocycles. The first-order chi connectivity index (χ1) is 10.8. The van der Waals surface area contributed by atoms with Crippen LogP contribution in [0.3, 0.4) is 0 Å². The van der Waals surface area contributed by atoms with Crippen LogP contribution in [-0.2, 0) is 24.0 Å². The van der Waals surface area contributed by atoms with Crippen LogP contribution in [-0.4, -0.2) is 35.0 Å². The highest BCUT2D eigenvalue weighted by Gasteiger charge is 2.61. The molecule has 2 aliphatic carbocycles. The smallest absolute Gasteiger partial charge is 0.334 e. The fraction of sp³-hybridized carbons (Fsp3) is 0.529. The molecule has 1 N–H and O–H groups in total. The second-order valence-corrected chi connectivity index (χ2v) is 6.49. The van der Waals surface area contributed by atoms with Gasteiger partial charge in [0.25, 0.3) is 0 Å². The molecule has 6 nitrogen and oxygen atoms in total. The summed E-state index contributed by atoms with van der Waals surface area (Å²) in [6.07, 6.45) is 1.43. The Morgan fingerprint density at radius 2 is 2.17 bits per heavy atom. The minimum Gasteiger partial charge on any atom is -0.461 e. The van der Waals surface area contributed by atoms with Crippen molar-refractivity contribution in [1.29, 1.82) is 0 Å². The monoisotopic (exact) mass is 320 g/mol. The lowest BCUT2D eigenvalue weighted by Gasteiger charge is -2.36. The van der Waals surface area contributed by atoms with Crippen molar-refractivity contribution in [1.82, 2.24) is 0 Å². The molecular weight excluding hydrogens is 300 g/mol. The van der Waals surface area contributed by atoms with Gasteiger partial charge >= 0.3 is 11.9 Å². The average Bonchev–Trinajstić information content (AvgIpc) is 2.93. The summed E-state index contributed by atoms with van der Waals surface area (Å²) in [6, 6.07) is 0. The third kappa shape index (κ3) is 2.16. The molecule has 0 aromatic carbocycles. The molecule has 1 saturated heterocycles. The van der Waals surface area contributed by atoms with Gasteiger partial charge in [-0.25, -0.2) is 9.68 Å². The van der Waals surface area contributed by atoms with Crippen molar-refractivity contribution in [3.63, 3.8) is 0 Å². The SMILES string of the molecule is C=C1C(=O)OC2C1C(OC(C)=O)CC(=C)C1(OO)CC=C(C)C21. The van der Waals surface area contributed by atoms with E-state index < -0.39 is 35.7 Å². The van der Waals surface area contributed by atoms with Gasteiger partial charge in [-0.2, -0.15) is 0 Å². The summed E-state index contributed by atoms with van der Waals surface area (Å²) >= 11 is 0. The second-order valence-electron chi connectivity index (χ2n) is 6.49. The van der Waals surface area contributed by atoms with Gasteiger partial charge in [0, 0.05) is 25.3 Å². The topological polar surface area (TPSA) is 82.1 Å². The molecule has 0 amide bonds. The minimum atomic E-state index is -1.06. The number of rotatable bonds is 2. The van der Waals surface area contributed by atoms with Crippen molar-refractivity contribution in [3.8, 4) is 0 Å². The summed E-state index contributed by atoms with van der Waals surface area (Å²) in [5.74, 6) is -1.82. The molecule has 5 unspecified atom stereocenters. The van der Waals surface area contributed by atoms with E-state index in [2.05, 4.69) is 13.2 Å². The molecule has 1 aliphatic heterocycles. The number of hydrogen-bond donors (Lipinski definition) is 1. The zero-order valence-electron chi connectivity index (χ0n) is 13.2. The first kappa shape index (κ1) is 16.0. The van der Waals surface area contributed by atoms with E-state index in [1.807, 2.05) is 13.0 Å². The van der Waals surface area contributed by atoms with Crippen molar-refractivity contribution < 1.29 is 29.2 Å². The van der Waals surface area contributed by atoms with E-state index in [4.69, 9.17) is 14.4 Å². The predicted molar refractivity (Wildman–Crippen MR) is 80.1 cm³/mol. The average molecular weight is 320 g/mol. The maximum Gasteiger partial charge on any atom is 0.334 e. The van der Waals surface area contributed by atoms with Crippen LogP contribution in [0, 0.1) is 11.8 Å². The van der Waals surface area contributed by atoms with Crippen molar-refractivity contribution in [2.24, 2.45) is 11.8 Å². The Morgan fingerprint density at radius 1 is 1.48 bits per heavy atom. The lowest BCUT2D eigenvalue weighted by atomic mass is 9.77. The Bertz CT molecular complexity index is 633.